The number of nitrogens with zero attached hydrogens (tertiary/aromatic N) is 3. The van der Waals surface area contributed by atoms with Crippen LogP contribution >= 0.6 is 0 Å². The van der Waals surface area contributed by atoms with Gasteiger partial charge in [-0.15, -0.1) is 0 Å². The van der Waals surface area contributed by atoms with Crippen LogP contribution in [0, 0.1) is 0 Å². The summed E-state index contributed by atoms with van der Waals surface area (Å²) < 4.78 is 18.2. The average Bonchev–Trinajstić information content (AvgIpc) is 2.88. The number of benzene rings is 1. The number of allylic oxidation sites excluding steroid dienone is 3. The molecule has 1 aliphatic heterocycles. The summed E-state index contributed by atoms with van der Waals surface area (Å²) in [6.07, 6.45) is 7.75. The molecule has 0 spiro atoms. The summed E-state index contributed by atoms with van der Waals surface area (Å²) in [6, 6.07) is 5.11. The van der Waals surface area contributed by atoms with Gasteiger partial charge >= 0.3 is 0 Å². The molecule has 0 bridgehead atoms. The molecule has 26 heavy (non-hydrogen) atoms. The lowest BCUT2D eigenvalue weighted by molar-refractivity contribution is 0.102. The van der Waals surface area contributed by atoms with Crippen LogP contribution in [0.3, 0.4) is 0 Å². The van der Waals surface area contributed by atoms with Crippen LogP contribution in [0.1, 0.15) is 22.5 Å². The summed E-state index contributed by atoms with van der Waals surface area (Å²) in [5.41, 5.74) is 8.27. The standard InChI is InChI=1S/C18H16FN5O2/c1-26-17-10-21-9-15(23-17)18(25)24-14-7-11(5-6-13(14)20)12-3-2-4-16(19)22-8-12/h2-3,5-10H,4,20H2,1H3,(H,24,25). The summed E-state index contributed by atoms with van der Waals surface area (Å²) >= 11 is 0. The van der Waals surface area contributed by atoms with E-state index in [-0.39, 0.29) is 18.0 Å². The van der Waals surface area contributed by atoms with Gasteiger partial charge in [-0.2, -0.15) is 4.39 Å². The second-order valence-electron chi connectivity index (χ2n) is 5.40. The molecule has 1 aromatic carbocycles. The molecule has 2 heterocycles. The number of nitrogens with one attached hydrogen (secondary N) is 1. The van der Waals surface area contributed by atoms with E-state index in [0.717, 1.165) is 5.56 Å². The third-order valence-corrected chi connectivity index (χ3v) is 3.62. The largest absolute Gasteiger partial charge is 0.480 e. The van der Waals surface area contributed by atoms with E-state index in [1.54, 1.807) is 30.4 Å². The topological polar surface area (TPSA) is 102 Å². The number of carbonyl (C=O) groups excluding carboxylic acids is 1. The highest BCUT2D eigenvalue weighted by atomic mass is 19.1. The smallest absolute Gasteiger partial charge is 0.276 e. The van der Waals surface area contributed by atoms with E-state index in [1.165, 1.54) is 25.7 Å². The van der Waals surface area contributed by atoms with Gasteiger partial charge in [-0.1, -0.05) is 18.2 Å². The lowest BCUT2D eigenvalue weighted by Gasteiger charge is -2.11. The van der Waals surface area contributed by atoms with Crippen LogP contribution in [-0.2, 0) is 0 Å². The van der Waals surface area contributed by atoms with Crippen LogP contribution in [0.4, 0.5) is 15.8 Å². The molecule has 1 aromatic heterocycles. The van der Waals surface area contributed by atoms with Gasteiger partial charge in [-0.05, 0) is 23.3 Å². The first kappa shape index (κ1) is 17.3. The van der Waals surface area contributed by atoms with Gasteiger partial charge in [0.05, 0.1) is 30.9 Å². The van der Waals surface area contributed by atoms with Crippen molar-refractivity contribution in [3.8, 4) is 5.88 Å². The maximum Gasteiger partial charge on any atom is 0.276 e. The third-order valence-electron chi connectivity index (χ3n) is 3.62. The fourth-order valence-corrected chi connectivity index (χ4v) is 2.28. The molecule has 0 radical (unpaired) electrons. The fraction of sp³-hybridized carbons (Fsp3) is 0.111. The molecule has 132 valence electrons. The summed E-state index contributed by atoms with van der Waals surface area (Å²) in [5, 5.41) is 2.70. The van der Waals surface area contributed by atoms with Gasteiger partial charge in [-0.3, -0.25) is 9.78 Å². The maximum absolute atomic E-state index is 13.3. The number of aromatic nitrogens is 2. The Morgan fingerprint density at radius 2 is 2.19 bits per heavy atom. The minimum atomic E-state index is -0.477. The molecule has 1 aliphatic rings. The molecule has 0 fully saturated rings. The number of aliphatic imine (C=N–C) groups is 1. The molecule has 0 saturated heterocycles. The fourth-order valence-electron chi connectivity index (χ4n) is 2.28. The predicted octanol–water partition coefficient (Wildman–Crippen LogP) is 2.99. The van der Waals surface area contributed by atoms with Crippen LogP contribution in [0.5, 0.6) is 5.88 Å². The highest BCUT2D eigenvalue weighted by Gasteiger charge is 2.13. The number of hydrogen-bond acceptors (Lipinski definition) is 6. The molecule has 0 atom stereocenters. The van der Waals surface area contributed by atoms with Crippen molar-refractivity contribution in [2.45, 2.75) is 6.42 Å². The Morgan fingerprint density at radius 3 is 3.00 bits per heavy atom. The molecule has 2 aromatic rings. The van der Waals surface area contributed by atoms with Gasteiger partial charge in [0, 0.05) is 12.6 Å². The summed E-state index contributed by atoms with van der Waals surface area (Å²) in [7, 11) is 1.44. The average molecular weight is 353 g/mol. The second kappa shape index (κ2) is 7.56. The van der Waals surface area contributed by atoms with Crippen molar-refractivity contribution in [3.63, 3.8) is 0 Å². The number of methoxy groups -OCH3 is 1. The third kappa shape index (κ3) is 3.92. The lowest BCUT2D eigenvalue weighted by atomic mass is 10.0. The molecule has 7 nitrogen and oxygen atoms in total. The van der Waals surface area contributed by atoms with Crippen LogP contribution < -0.4 is 15.8 Å². The van der Waals surface area contributed by atoms with Gasteiger partial charge < -0.3 is 15.8 Å². The zero-order valence-corrected chi connectivity index (χ0v) is 13.9. The van der Waals surface area contributed by atoms with E-state index in [2.05, 4.69) is 20.3 Å². The minimum absolute atomic E-state index is 0.0920. The van der Waals surface area contributed by atoms with Gasteiger partial charge in [0.2, 0.25) is 5.88 Å². The molecule has 8 heteroatoms. The molecular weight excluding hydrogens is 337 g/mol. The summed E-state index contributed by atoms with van der Waals surface area (Å²) in [4.78, 5) is 24.1. The Kier molecular flexibility index (Phi) is 5.02. The summed E-state index contributed by atoms with van der Waals surface area (Å²) in [5.74, 6) is -0.709. The Hall–Kier alpha value is -3.55. The maximum atomic E-state index is 13.3. The quantitative estimate of drug-likeness (QED) is 0.823. The van der Waals surface area contributed by atoms with Gasteiger partial charge in [0.25, 0.3) is 5.91 Å². The van der Waals surface area contributed by atoms with Crippen LogP contribution in [0.25, 0.3) is 5.57 Å². The van der Waals surface area contributed by atoms with Crippen LogP contribution in [0.15, 0.2) is 53.9 Å². The SMILES string of the molecule is COc1cncc(C(=O)Nc2cc(C3=CN=C(F)CC=C3)ccc2N)n1. The number of amides is 1. The predicted molar refractivity (Wildman–Crippen MR) is 97.7 cm³/mol. The number of halogens is 1. The number of ether oxygens (including phenoxy) is 1. The Morgan fingerprint density at radius 1 is 1.35 bits per heavy atom. The van der Waals surface area contributed by atoms with Gasteiger partial charge in [0.15, 0.2) is 11.7 Å². The van der Waals surface area contributed by atoms with Crippen molar-refractivity contribution in [2.75, 3.05) is 18.2 Å². The minimum Gasteiger partial charge on any atom is -0.480 e. The van der Waals surface area contributed by atoms with E-state index < -0.39 is 11.9 Å². The van der Waals surface area contributed by atoms with Crippen LogP contribution in [0.2, 0.25) is 0 Å². The zero-order chi connectivity index (χ0) is 18.5. The highest BCUT2D eigenvalue weighted by Crippen LogP contribution is 2.27. The molecule has 0 unspecified atom stereocenters. The number of nitrogens with two attached hydrogens (primary N) is 1. The van der Waals surface area contributed by atoms with Crippen molar-refractivity contribution < 1.29 is 13.9 Å². The van der Waals surface area contributed by atoms with E-state index in [1.807, 2.05) is 0 Å². The Bertz CT molecular complexity index is 937. The Balaban J connectivity index is 1.87. The molecule has 1 amide bonds. The van der Waals surface area contributed by atoms with Gasteiger partial charge in [-0.25, -0.2) is 9.98 Å². The molecule has 0 saturated carbocycles. The van der Waals surface area contributed by atoms with Crippen molar-refractivity contribution >= 4 is 28.8 Å². The van der Waals surface area contributed by atoms with Crippen molar-refractivity contribution in [1.29, 1.82) is 0 Å². The van der Waals surface area contributed by atoms with Crippen molar-refractivity contribution in [3.05, 3.63) is 60.2 Å². The highest BCUT2D eigenvalue weighted by molar-refractivity contribution is 6.04. The molecule has 3 rings (SSSR count). The second-order valence-corrected chi connectivity index (χ2v) is 5.40. The molecular formula is C18H16FN5O2. The number of hydrogen-bond donors (Lipinski definition) is 2. The first-order valence-corrected chi connectivity index (χ1v) is 7.73. The first-order valence-electron chi connectivity index (χ1n) is 7.73. The van der Waals surface area contributed by atoms with E-state index in [4.69, 9.17) is 10.5 Å². The monoisotopic (exact) mass is 353 g/mol. The zero-order valence-electron chi connectivity index (χ0n) is 13.9. The van der Waals surface area contributed by atoms with Crippen LogP contribution in [-0.4, -0.2) is 29.0 Å². The summed E-state index contributed by atoms with van der Waals surface area (Å²) in [6.45, 7) is 0. The normalized spacial score (nSPS) is 13.5. The number of carbonyl (C=O) groups is 1. The van der Waals surface area contributed by atoms with E-state index in [0.29, 0.717) is 16.9 Å². The van der Waals surface area contributed by atoms with E-state index >= 15 is 0 Å². The molecule has 3 N–H and O–H groups in total. The lowest BCUT2D eigenvalue weighted by Crippen LogP contribution is -2.15. The first-order chi connectivity index (χ1) is 12.6. The molecule has 0 aliphatic carbocycles. The Labute approximate surface area is 149 Å². The number of rotatable bonds is 4. The van der Waals surface area contributed by atoms with Crippen molar-refractivity contribution in [2.24, 2.45) is 4.99 Å². The number of anilines is 2. The van der Waals surface area contributed by atoms with E-state index in [9.17, 15) is 9.18 Å². The van der Waals surface area contributed by atoms with Gasteiger partial charge in [0.1, 0.15) is 0 Å². The van der Waals surface area contributed by atoms with Crippen molar-refractivity contribution in [1.82, 2.24) is 9.97 Å². The number of nitrogen functional groups attached to an aromatic ring is 1.